The molecule has 2 aliphatic rings. The molecule has 1 unspecified atom stereocenters. The lowest BCUT2D eigenvalue weighted by molar-refractivity contribution is 0.136. The minimum atomic E-state index is 0. The Kier molecular flexibility index (Phi) is 12.7. The van der Waals surface area contributed by atoms with Crippen molar-refractivity contribution in [2.45, 2.75) is 45.8 Å². The highest BCUT2D eigenvalue weighted by Crippen LogP contribution is 2.23. The van der Waals surface area contributed by atoms with E-state index in [1.54, 1.807) is 0 Å². The summed E-state index contributed by atoms with van der Waals surface area (Å²) in [4.78, 5) is 9.49. The first-order valence-electron chi connectivity index (χ1n) is 11.9. The zero-order valence-corrected chi connectivity index (χ0v) is 22.4. The summed E-state index contributed by atoms with van der Waals surface area (Å²) < 4.78 is 11.7. The minimum absolute atomic E-state index is 0. The van der Waals surface area contributed by atoms with Gasteiger partial charge in [-0.3, -0.25) is 4.99 Å². The van der Waals surface area contributed by atoms with Gasteiger partial charge >= 0.3 is 0 Å². The van der Waals surface area contributed by atoms with Crippen LogP contribution in [-0.4, -0.2) is 87.9 Å². The minimum Gasteiger partial charge on any atom is -0.488 e. The number of guanidine groups is 1. The summed E-state index contributed by atoms with van der Waals surface area (Å²) in [6, 6.07) is 6.39. The predicted molar refractivity (Wildman–Crippen MR) is 142 cm³/mol. The number of aliphatic imine (C=N–C) groups is 1. The topological polar surface area (TPSA) is 61.4 Å². The second kappa shape index (κ2) is 14.9. The lowest BCUT2D eigenvalue weighted by Gasteiger charge is -2.34. The van der Waals surface area contributed by atoms with Gasteiger partial charge in [0.25, 0.3) is 0 Å². The van der Waals surface area contributed by atoms with E-state index in [1.807, 2.05) is 7.05 Å². The number of rotatable bonds is 10. The number of hydrogen-bond acceptors (Lipinski definition) is 5. The predicted octanol–water partition coefficient (Wildman–Crippen LogP) is 2.86. The van der Waals surface area contributed by atoms with E-state index in [9.17, 15) is 0 Å². The first-order chi connectivity index (χ1) is 15.2. The van der Waals surface area contributed by atoms with E-state index in [-0.39, 0.29) is 30.1 Å². The number of nitrogens with one attached hydrogen (secondary N) is 2. The van der Waals surface area contributed by atoms with Crippen LogP contribution in [0.3, 0.4) is 0 Å². The fourth-order valence-electron chi connectivity index (χ4n) is 4.10. The Labute approximate surface area is 211 Å². The van der Waals surface area contributed by atoms with Gasteiger partial charge in [-0.25, -0.2) is 0 Å². The highest BCUT2D eigenvalue weighted by Gasteiger charge is 2.19. The van der Waals surface area contributed by atoms with Crippen LogP contribution in [0, 0.1) is 6.92 Å². The molecule has 32 heavy (non-hydrogen) atoms. The Morgan fingerprint density at radius 1 is 1.16 bits per heavy atom. The SMILES string of the molecule is CCN1CCN(CCCCNC(=NC)NCc2ccc(C)cc2OC2CCOC2)CC1.I. The highest BCUT2D eigenvalue weighted by atomic mass is 127. The van der Waals surface area contributed by atoms with Crippen LogP contribution < -0.4 is 15.4 Å². The number of ether oxygens (including phenoxy) is 2. The Morgan fingerprint density at radius 2 is 1.94 bits per heavy atom. The molecule has 2 heterocycles. The molecule has 0 spiro atoms. The Morgan fingerprint density at radius 3 is 2.62 bits per heavy atom. The van der Waals surface area contributed by atoms with E-state index in [0.717, 1.165) is 43.3 Å². The molecule has 2 N–H and O–H groups in total. The average molecular weight is 560 g/mol. The van der Waals surface area contributed by atoms with Crippen molar-refractivity contribution in [1.29, 1.82) is 0 Å². The summed E-state index contributed by atoms with van der Waals surface area (Å²) in [6.45, 7) is 14.6. The van der Waals surface area contributed by atoms with Crippen LogP contribution in [0.15, 0.2) is 23.2 Å². The maximum absolute atomic E-state index is 6.20. The molecule has 0 amide bonds. The molecule has 1 aromatic rings. The van der Waals surface area contributed by atoms with Gasteiger partial charge in [-0.15, -0.1) is 24.0 Å². The summed E-state index contributed by atoms with van der Waals surface area (Å²) in [5, 5.41) is 6.88. The van der Waals surface area contributed by atoms with Crippen LogP contribution in [0.4, 0.5) is 0 Å². The summed E-state index contributed by atoms with van der Waals surface area (Å²) >= 11 is 0. The average Bonchev–Trinajstić information content (AvgIpc) is 3.30. The third-order valence-corrected chi connectivity index (χ3v) is 6.18. The molecule has 7 nitrogen and oxygen atoms in total. The maximum atomic E-state index is 6.20. The van der Waals surface area contributed by atoms with Gasteiger partial charge in [0.15, 0.2) is 5.96 Å². The molecule has 0 aromatic heterocycles. The molecule has 0 saturated carbocycles. The van der Waals surface area contributed by atoms with Crippen molar-refractivity contribution in [2.24, 2.45) is 4.99 Å². The van der Waals surface area contributed by atoms with Gasteiger partial charge in [-0.1, -0.05) is 19.1 Å². The quantitative estimate of drug-likeness (QED) is 0.199. The first-order valence-corrected chi connectivity index (χ1v) is 11.9. The number of likely N-dealkylation sites (N-methyl/N-ethyl adjacent to an activating group) is 1. The molecular formula is C24H42IN5O2. The highest BCUT2D eigenvalue weighted by molar-refractivity contribution is 14.0. The fraction of sp³-hybridized carbons (Fsp3) is 0.708. The lowest BCUT2D eigenvalue weighted by atomic mass is 10.1. The number of nitrogens with zero attached hydrogens (tertiary/aromatic N) is 3. The Hall–Kier alpha value is -1.10. The number of hydrogen-bond donors (Lipinski definition) is 2. The van der Waals surface area contributed by atoms with E-state index in [0.29, 0.717) is 13.2 Å². The number of aryl methyl sites for hydroxylation is 1. The molecule has 3 rings (SSSR count). The van der Waals surface area contributed by atoms with Crippen molar-refractivity contribution in [2.75, 3.05) is 66.1 Å². The van der Waals surface area contributed by atoms with E-state index >= 15 is 0 Å². The molecule has 2 fully saturated rings. The summed E-state index contributed by atoms with van der Waals surface area (Å²) in [7, 11) is 1.82. The Bertz CT molecular complexity index is 689. The van der Waals surface area contributed by atoms with Crippen LogP contribution >= 0.6 is 24.0 Å². The molecule has 182 valence electrons. The van der Waals surface area contributed by atoms with Crippen molar-refractivity contribution in [3.8, 4) is 5.75 Å². The van der Waals surface area contributed by atoms with E-state index in [4.69, 9.17) is 9.47 Å². The van der Waals surface area contributed by atoms with Crippen LogP contribution in [0.1, 0.15) is 37.3 Å². The van der Waals surface area contributed by atoms with E-state index in [1.165, 1.54) is 51.3 Å². The molecule has 0 radical (unpaired) electrons. The van der Waals surface area contributed by atoms with Gasteiger partial charge in [0.2, 0.25) is 0 Å². The molecule has 2 saturated heterocycles. The van der Waals surface area contributed by atoms with E-state index in [2.05, 4.69) is 57.5 Å². The molecule has 1 aromatic carbocycles. The zero-order chi connectivity index (χ0) is 21.9. The molecule has 0 bridgehead atoms. The van der Waals surface area contributed by atoms with Crippen LogP contribution in [0.2, 0.25) is 0 Å². The molecule has 8 heteroatoms. The largest absolute Gasteiger partial charge is 0.488 e. The molecule has 2 aliphatic heterocycles. The van der Waals surface area contributed by atoms with Crippen molar-refractivity contribution >= 4 is 29.9 Å². The number of piperazine rings is 1. The van der Waals surface area contributed by atoms with Crippen molar-refractivity contribution < 1.29 is 9.47 Å². The van der Waals surface area contributed by atoms with Crippen LogP contribution in [0.5, 0.6) is 5.75 Å². The fourth-order valence-corrected chi connectivity index (χ4v) is 4.10. The van der Waals surface area contributed by atoms with Crippen molar-refractivity contribution in [3.63, 3.8) is 0 Å². The first kappa shape index (κ1) is 27.1. The number of halogens is 1. The monoisotopic (exact) mass is 559 g/mol. The summed E-state index contributed by atoms with van der Waals surface area (Å²) in [6.07, 6.45) is 3.48. The van der Waals surface area contributed by atoms with Gasteiger partial charge < -0.3 is 29.9 Å². The van der Waals surface area contributed by atoms with Gasteiger partial charge in [0, 0.05) is 58.3 Å². The smallest absolute Gasteiger partial charge is 0.191 e. The van der Waals surface area contributed by atoms with Crippen LogP contribution in [0.25, 0.3) is 0 Å². The zero-order valence-electron chi connectivity index (χ0n) is 20.1. The summed E-state index contributed by atoms with van der Waals surface area (Å²) in [5.74, 6) is 1.79. The summed E-state index contributed by atoms with van der Waals surface area (Å²) in [5.41, 5.74) is 2.35. The number of unbranched alkanes of at least 4 members (excludes halogenated alkanes) is 1. The molecular weight excluding hydrogens is 517 g/mol. The van der Waals surface area contributed by atoms with Crippen molar-refractivity contribution in [1.82, 2.24) is 20.4 Å². The van der Waals surface area contributed by atoms with Crippen LogP contribution in [-0.2, 0) is 11.3 Å². The third kappa shape index (κ3) is 9.03. The number of benzene rings is 1. The van der Waals surface area contributed by atoms with E-state index < -0.39 is 0 Å². The van der Waals surface area contributed by atoms with Crippen molar-refractivity contribution in [3.05, 3.63) is 29.3 Å². The molecule has 1 atom stereocenters. The third-order valence-electron chi connectivity index (χ3n) is 6.18. The maximum Gasteiger partial charge on any atom is 0.191 e. The van der Waals surface area contributed by atoms with Gasteiger partial charge in [0.05, 0.1) is 13.2 Å². The van der Waals surface area contributed by atoms with Gasteiger partial charge in [-0.2, -0.15) is 0 Å². The van der Waals surface area contributed by atoms with Gasteiger partial charge in [-0.05, 0) is 44.5 Å². The second-order valence-corrected chi connectivity index (χ2v) is 8.55. The normalized spacial score (nSPS) is 20.1. The van der Waals surface area contributed by atoms with Gasteiger partial charge in [0.1, 0.15) is 11.9 Å². The Balaban J connectivity index is 0.00000363. The standard InChI is InChI=1S/C24H41N5O2.HI/c1-4-28-12-14-29(15-13-28)11-6-5-10-26-24(25-3)27-18-21-8-7-20(2)17-23(21)31-22-9-16-30-19-22;/h7-8,17,22H,4-6,9-16,18-19H2,1-3H3,(H2,25,26,27);1H. The second-order valence-electron chi connectivity index (χ2n) is 8.55. The lowest BCUT2D eigenvalue weighted by Crippen LogP contribution is -2.46. The molecule has 0 aliphatic carbocycles.